The Morgan fingerprint density at radius 1 is 0.350 bits per heavy atom. The van der Waals surface area contributed by atoms with Crippen molar-refractivity contribution in [1.29, 1.82) is 0 Å². The monoisotopic (exact) mass is 646 g/mol. The van der Waals surface area contributed by atoms with Gasteiger partial charge in [-0.3, -0.25) is 0 Å². The summed E-state index contributed by atoms with van der Waals surface area (Å²) < 4.78 is 10.7. The van der Waals surface area contributed by atoms with Crippen molar-refractivity contribution in [3.63, 3.8) is 0 Å². The molecule has 0 saturated carbocycles. The molecule has 0 saturated heterocycles. The van der Waals surface area contributed by atoms with Crippen LogP contribution in [0.15, 0.2) is 72.8 Å². The molecule has 3 aromatic rings. The third kappa shape index (κ3) is 1.48. The van der Waals surface area contributed by atoms with Crippen molar-refractivity contribution in [2.75, 3.05) is 0 Å². The van der Waals surface area contributed by atoms with Gasteiger partial charge in [0.1, 0.15) is 0 Å². The number of hydrogen-bond donors (Lipinski definition) is 0. The van der Waals surface area contributed by atoms with Crippen LogP contribution in [0.2, 0.25) is 0 Å². The van der Waals surface area contributed by atoms with E-state index in [-0.39, 0.29) is 0 Å². The number of hydrogen-bond acceptors (Lipinski definition) is 0. The van der Waals surface area contributed by atoms with E-state index in [9.17, 15) is 0 Å². The van der Waals surface area contributed by atoms with Crippen molar-refractivity contribution >= 4 is 63.1 Å². The molecule has 0 unspecified atom stereocenters. The molecule has 94 valence electrons. The second-order valence-corrected chi connectivity index (χ2v) is 21.6. The summed E-state index contributed by atoms with van der Waals surface area (Å²) in [6, 6.07) is 28.2. The van der Waals surface area contributed by atoms with Gasteiger partial charge in [0, 0.05) is 0 Å². The van der Waals surface area contributed by atoms with E-state index >= 15 is 0 Å². The molecule has 3 aliphatic heterocycles. The molecule has 0 fully saturated rings. The second-order valence-electron chi connectivity index (χ2n) is 5.14. The Balaban J connectivity index is 1.93. The van der Waals surface area contributed by atoms with E-state index in [4.69, 9.17) is 0 Å². The number of benzene rings is 3. The van der Waals surface area contributed by atoms with E-state index in [0.717, 1.165) is 0 Å². The normalized spacial score (nSPS) is 15.6. The molecule has 0 aliphatic carbocycles. The first-order chi connectivity index (χ1) is 9.95. The van der Waals surface area contributed by atoms with Gasteiger partial charge in [0.2, 0.25) is 0 Å². The van der Waals surface area contributed by atoms with E-state index in [1.54, 1.807) is 19.6 Å². The van der Waals surface area contributed by atoms with Crippen LogP contribution in [0.3, 0.4) is 0 Å². The minimum atomic E-state index is -1.95. The van der Waals surface area contributed by atoms with Gasteiger partial charge >= 0.3 is 136 Å². The van der Waals surface area contributed by atoms with Gasteiger partial charge < -0.3 is 0 Å². The van der Waals surface area contributed by atoms with Crippen molar-refractivity contribution in [2.24, 2.45) is 0 Å². The van der Waals surface area contributed by atoms with Crippen LogP contribution in [-0.2, 0) is 0 Å². The van der Waals surface area contributed by atoms with Gasteiger partial charge in [-0.25, -0.2) is 0 Å². The molecule has 3 aliphatic rings. The Kier molecular flexibility index (Phi) is 2.68. The molecule has 3 aromatic carbocycles. The predicted molar refractivity (Wildman–Crippen MR) is 88.6 cm³/mol. The molecule has 3 heterocycles. The SMILES string of the molecule is c1cc[c]2[c](c1)[Bi]1[c]3cccc[c]3[Bi]2[c]2cccc[c]21. The Morgan fingerprint density at radius 2 is 0.550 bits per heavy atom. The zero-order chi connectivity index (χ0) is 13.1. The maximum atomic E-state index is 2.45. The summed E-state index contributed by atoms with van der Waals surface area (Å²) in [5.41, 5.74) is 0. The zero-order valence-electron chi connectivity index (χ0n) is 10.8. The first-order valence-corrected chi connectivity index (χ1v) is 17.3. The van der Waals surface area contributed by atoms with Crippen molar-refractivity contribution in [3.05, 3.63) is 72.8 Å². The van der Waals surface area contributed by atoms with Crippen LogP contribution in [-0.4, -0.2) is 43.5 Å². The van der Waals surface area contributed by atoms with Gasteiger partial charge in [0.25, 0.3) is 0 Å². The fourth-order valence-corrected chi connectivity index (χ4v) is 42.4. The fraction of sp³-hybridized carbons (Fsp3) is 0. The van der Waals surface area contributed by atoms with Gasteiger partial charge in [-0.05, 0) is 0 Å². The summed E-state index contributed by atoms with van der Waals surface area (Å²) in [6.07, 6.45) is 0. The molecule has 2 heteroatoms. The first kappa shape index (κ1) is 12.0. The molecule has 0 N–H and O–H groups in total. The van der Waals surface area contributed by atoms with E-state index in [2.05, 4.69) is 72.8 Å². The maximum absolute atomic E-state index is 2.45. The molecule has 0 amide bonds. The Bertz CT molecular complexity index is 656. The Labute approximate surface area is 134 Å². The Morgan fingerprint density at radius 3 is 0.750 bits per heavy atom. The predicted octanol–water partition coefficient (Wildman–Crippen LogP) is -0.654. The van der Waals surface area contributed by atoms with Gasteiger partial charge in [-0.15, -0.1) is 0 Å². The van der Waals surface area contributed by atoms with E-state index < -0.39 is 43.5 Å². The average Bonchev–Trinajstić information content (AvgIpc) is 2.54. The van der Waals surface area contributed by atoms with Gasteiger partial charge in [0.15, 0.2) is 0 Å². The summed E-state index contributed by atoms with van der Waals surface area (Å²) in [5, 5.41) is 0. The van der Waals surface area contributed by atoms with Crippen LogP contribution < -0.4 is 19.6 Å². The molecule has 0 spiro atoms. The zero-order valence-corrected chi connectivity index (χ0v) is 17.8. The third-order valence-electron chi connectivity index (χ3n) is 4.09. The average molecular weight is 646 g/mol. The van der Waals surface area contributed by atoms with Crippen molar-refractivity contribution in [1.82, 2.24) is 0 Å². The van der Waals surface area contributed by atoms with Gasteiger partial charge in [-0.2, -0.15) is 0 Å². The third-order valence-corrected chi connectivity index (χ3v) is 33.2. The van der Waals surface area contributed by atoms with E-state index in [0.29, 0.717) is 0 Å². The van der Waals surface area contributed by atoms with Crippen LogP contribution in [0.5, 0.6) is 0 Å². The molecule has 20 heavy (non-hydrogen) atoms. The topological polar surface area (TPSA) is 0 Å². The van der Waals surface area contributed by atoms with E-state index in [1.807, 2.05) is 0 Å². The fourth-order valence-electron chi connectivity index (χ4n) is 3.31. The van der Waals surface area contributed by atoms with Crippen LogP contribution in [0.4, 0.5) is 0 Å². The van der Waals surface area contributed by atoms with Crippen LogP contribution in [0, 0.1) is 0 Å². The van der Waals surface area contributed by atoms with Crippen molar-refractivity contribution in [3.8, 4) is 0 Å². The molecule has 0 aromatic heterocycles. The Hall–Kier alpha value is -0.574. The molecule has 0 nitrogen and oxygen atoms in total. The van der Waals surface area contributed by atoms with Gasteiger partial charge in [-0.1, -0.05) is 0 Å². The standard InChI is InChI=1S/3C6H4.2Bi/c3*1-2-4-6-5-3-1;;/h3*1-4H;;. The summed E-state index contributed by atoms with van der Waals surface area (Å²) in [6.45, 7) is 0. The summed E-state index contributed by atoms with van der Waals surface area (Å²) in [4.78, 5) is 0. The number of rotatable bonds is 0. The van der Waals surface area contributed by atoms with Gasteiger partial charge in [0.05, 0.1) is 0 Å². The summed E-state index contributed by atoms with van der Waals surface area (Å²) in [5.74, 6) is 0. The molecular weight excluding hydrogens is 634 g/mol. The molecular formula is C18H12Bi2. The van der Waals surface area contributed by atoms with Crippen molar-refractivity contribution < 1.29 is 0 Å². The van der Waals surface area contributed by atoms with E-state index in [1.165, 1.54) is 0 Å². The molecule has 0 radical (unpaired) electrons. The first-order valence-electron chi connectivity index (χ1n) is 6.82. The quantitative estimate of drug-likeness (QED) is 0.197. The molecule has 0 atom stereocenters. The van der Waals surface area contributed by atoms with Crippen LogP contribution in [0.1, 0.15) is 0 Å². The van der Waals surface area contributed by atoms with Crippen LogP contribution >= 0.6 is 0 Å². The van der Waals surface area contributed by atoms with Crippen LogP contribution in [0.25, 0.3) is 0 Å². The molecule has 6 rings (SSSR count). The summed E-state index contributed by atoms with van der Waals surface area (Å²) >= 11 is -3.90. The molecule has 2 bridgehead atoms. The van der Waals surface area contributed by atoms with Crippen molar-refractivity contribution in [2.45, 2.75) is 0 Å². The minimum absolute atomic E-state index is 1.79. The summed E-state index contributed by atoms with van der Waals surface area (Å²) in [7, 11) is 0. The second kappa shape index (κ2) is 4.46.